The average Bonchev–Trinajstić information content (AvgIpc) is 2.26. The number of benzene rings is 1. The van der Waals surface area contributed by atoms with Gasteiger partial charge in [-0.05, 0) is 18.2 Å². The lowest BCUT2D eigenvalue weighted by molar-refractivity contribution is -0.120. The first-order valence-corrected chi connectivity index (χ1v) is 6.99. The molecule has 1 N–H and O–H groups in total. The van der Waals surface area contributed by atoms with Crippen molar-refractivity contribution in [1.82, 2.24) is 5.32 Å². The Bertz CT molecular complexity index is 526. The highest BCUT2D eigenvalue weighted by Gasteiger charge is 2.11. The van der Waals surface area contributed by atoms with Gasteiger partial charge in [0.2, 0.25) is 5.91 Å². The van der Waals surface area contributed by atoms with E-state index in [0.29, 0.717) is 6.42 Å². The van der Waals surface area contributed by atoms with E-state index in [1.165, 1.54) is 12.1 Å². The van der Waals surface area contributed by atoms with Crippen LogP contribution in [0, 0.1) is 5.82 Å². The van der Waals surface area contributed by atoms with Gasteiger partial charge in [0, 0.05) is 24.8 Å². The standard InChI is InChI=1S/C11H14FNO3S/c1-3-11(14)13-7-8-6-9(17(2,15)16)4-5-10(8)12/h4-6H,3,7H2,1-2H3,(H,13,14). The zero-order valence-corrected chi connectivity index (χ0v) is 10.5. The quantitative estimate of drug-likeness (QED) is 0.828. The summed E-state index contributed by atoms with van der Waals surface area (Å²) < 4.78 is 35.9. The number of hydrogen-bond donors (Lipinski definition) is 1. The third kappa shape index (κ3) is 3.81. The van der Waals surface area contributed by atoms with Crippen LogP contribution in [0.2, 0.25) is 0 Å². The van der Waals surface area contributed by atoms with Gasteiger partial charge in [0.25, 0.3) is 0 Å². The lowest BCUT2D eigenvalue weighted by atomic mass is 10.2. The Morgan fingerprint density at radius 3 is 2.59 bits per heavy atom. The number of rotatable bonds is 4. The molecule has 0 saturated heterocycles. The van der Waals surface area contributed by atoms with Crippen LogP contribution in [-0.4, -0.2) is 20.6 Å². The second-order valence-corrected chi connectivity index (χ2v) is 5.67. The van der Waals surface area contributed by atoms with Gasteiger partial charge < -0.3 is 5.32 Å². The highest BCUT2D eigenvalue weighted by Crippen LogP contribution is 2.14. The first-order chi connectivity index (χ1) is 7.84. The number of hydrogen-bond acceptors (Lipinski definition) is 3. The Morgan fingerprint density at radius 1 is 1.41 bits per heavy atom. The lowest BCUT2D eigenvalue weighted by Crippen LogP contribution is -2.22. The van der Waals surface area contributed by atoms with Crippen LogP contribution < -0.4 is 5.32 Å². The molecule has 0 fully saturated rings. The summed E-state index contributed by atoms with van der Waals surface area (Å²) in [6.45, 7) is 1.67. The Balaban J connectivity index is 2.96. The fourth-order valence-electron chi connectivity index (χ4n) is 1.24. The minimum atomic E-state index is -3.37. The molecule has 0 atom stereocenters. The maximum atomic E-state index is 13.4. The third-order valence-corrected chi connectivity index (χ3v) is 3.35. The summed E-state index contributed by atoms with van der Waals surface area (Å²) >= 11 is 0. The molecule has 1 rings (SSSR count). The molecule has 0 saturated carbocycles. The molecule has 1 amide bonds. The molecule has 0 bridgehead atoms. The van der Waals surface area contributed by atoms with E-state index in [4.69, 9.17) is 0 Å². The summed E-state index contributed by atoms with van der Waals surface area (Å²) in [6.07, 6.45) is 1.35. The van der Waals surface area contributed by atoms with Gasteiger partial charge in [-0.25, -0.2) is 12.8 Å². The summed E-state index contributed by atoms with van der Waals surface area (Å²) in [6, 6.07) is 3.53. The van der Waals surface area contributed by atoms with Crippen molar-refractivity contribution in [2.75, 3.05) is 6.26 Å². The molecule has 0 heterocycles. The number of carbonyl (C=O) groups is 1. The van der Waals surface area contributed by atoms with E-state index in [2.05, 4.69) is 5.32 Å². The first-order valence-electron chi connectivity index (χ1n) is 5.09. The fourth-order valence-corrected chi connectivity index (χ4v) is 1.91. The van der Waals surface area contributed by atoms with E-state index in [1.54, 1.807) is 6.92 Å². The van der Waals surface area contributed by atoms with E-state index < -0.39 is 15.7 Å². The van der Waals surface area contributed by atoms with Crippen molar-refractivity contribution in [3.63, 3.8) is 0 Å². The minimum Gasteiger partial charge on any atom is -0.352 e. The van der Waals surface area contributed by atoms with Gasteiger partial charge in [-0.2, -0.15) is 0 Å². The average molecular weight is 259 g/mol. The highest BCUT2D eigenvalue weighted by atomic mass is 32.2. The Morgan fingerprint density at radius 2 is 2.06 bits per heavy atom. The minimum absolute atomic E-state index is 0.0120. The van der Waals surface area contributed by atoms with Crippen molar-refractivity contribution in [1.29, 1.82) is 0 Å². The molecule has 0 aliphatic carbocycles. The maximum absolute atomic E-state index is 13.4. The van der Waals surface area contributed by atoms with Crippen LogP contribution in [0.15, 0.2) is 23.1 Å². The molecule has 0 radical (unpaired) electrons. The zero-order chi connectivity index (χ0) is 13.1. The zero-order valence-electron chi connectivity index (χ0n) is 9.66. The molecule has 0 unspecified atom stereocenters. The molecule has 1 aromatic rings. The molecule has 0 aliphatic heterocycles. The molecule has 1 aromatic carbocycles. The number of sulfone groups is 1. The number of nitrogens with one attached hydrogen (secondary N) is 1. The molecule has 0 spiro atoms. The van der Waals surface area contributed by atoms with E-state index >= 15 is 0 Å². The van der Waals surface area contributed by atoms with Gasteiger partial charge in [0.05, 0.1) is 4.90 Å². The van der Waals surface area contributed by atoms with Crippen LogP contribution in [0.3, 0.4) is 0 Å². The normalized spacial score (nSPS) is 11.2. The predicted molar refractivity (Wildman–Crippen MR) is 61.6 cm³/mol. The third-order valence-electron chi connectivity index (χ3n) is 2.24. The number of carbonyl (C=O) groups excluding carboxylic acids is 1. The predicted octanol–water partition coefficient (Wildman–Crippen LogP) is 1.26. The Kier molecular flexibility index (Phi) is 4.22. The molecular formula is C11H14FNO3S. The van der Waals surface area contributed by atoms with Crippen LogP contribution in [-0.2, 0) is 21.2 Å². The SMILES string of the molecule is CCC(=O)NCc1cc(S(C)(=O)=O)ccc1F. The molecule has 94 valence electrons. The molecular weight excluding hydrogens is 245 g/mol. The molecule has 6 heteroatoms. The molecule has 17 heavy (non-hydrogen) atoms. The highest BCUT2D eigenvalue weighted by molar-refractivity contribution is 7.90. The topological polar surface area (TPSA) is 63.2 Å². The molecule has 4 nitrogen and oxygen atoms in total. The fraction of sp³-hybridized carbons (Fsp3) is 0.364. The molecule has 0 aromatic heterocycles. The monoisotopic (exact) mass is 259 g/mol. The van der Waals surface area contributed by atoms with E-state index in [0.717, 1.165) is 12.3 Å². The van der Waals surface area contributed by atoms with Crippen molar-refractivity contribution >= 4 is 15.7 Å². The smallest absolute Gasteiger partial charge is 0.219 e. The van der Waals surface area contributed by atoms with Gasteiger partial charge in [-0.3, -0.25) is 4.79 Å². The van der Waals surface area contributed by atoms with Crippen molar-refractivity contribution in [3.8, 4) is 0 Å². The first kappa shape index (κ1) is 13.6. The second kappa shape index (κ2) is 5.27. The van der Waals surface area contributed by atoms with Crippen LogP contribution in [0.25, 0.3) is 0 Å². The largest absolute Gasteiger partial charge is 0.352 e. The Hall–Kier alpha value is -1.43. The van der Waals surface area contributed by atoms with Gasteiger partial charge in [-0.1, -0.05) is 6.92 Å². The van der Waals surface area contributed by atoms with Gasteiger partial charge >= 0.3 is 0 Å². The van der Waals surface area contributed by atoms with Gasteiger partial charge in [-0.15, -0.1) is 0 Å². The summed E-state index contributed by atoms with van der Waals surface area (Å²) in [5.41, 5.74) is 0.162. The Labute approximate surface area is 99.8 Å². The van der Waals surface area contributed by atoms with E-state index in [9.17, 15) is 17.6 Å². The summed E-state index contributed by atoms with van der Waals surface area (Å²) in [5, 5.41) is 2.49. The molecule has 0 aliphatic rings. The van der Waals surface area contributed by atoms with Crippen molar-refractivity contribution in [2.45, 2.75) is 24.8 Å². The maximum Gasteiger partial charge on any atom is 0.219 e. The van der Waals surface area contributed by atoms with Crippen LogP contribution >= 0.6 is 0 Å². The second-order valence-electron chi connectivity index (χ2n) is 3.66. The summed E-state index contributed by atoms with van der Waals surface area (Å²) in [4.78, 5) is 11.1. The van der Waals surface area contributed by atoms with E-state index in [-0.39, 0.29) is 22.9 Å². The van der Waals surface area contributed by atoms with Gasteiger partial charge in [0.15, 0.2) is 9.84 Å². The van der Waals surface area contributed by atoms with Crippen molar-refractivity contribution in [2.24, 2.45) is 0 Å². The van der Waals surface area contributed by atoms with Crippen LogP contribution in [0.1, 0.15) is 18.9 Å². The summed E-state index contributed by atoms with van der Waals surface area (Å²) in [5.74, 6) is -0.747. The number of halogens is 1. The van der Waals surface area contributed by atoms with Crippen LogP contribution in [0.4, 0.5) is 4.39 Å². The number of amides is 1. The van der Waals surface area contributed by atoms with E-state index in [1.807, 2.05) is 0 Å². The van der Waals surface area contributed by atoms with Crippen molar-refractivity contribution in [3.05, 3.63) is 29.6 Å². The summed E-state index contributed by atoms with van der Waals surface area (Å²) in [7, 11) is -3.37. The van der Waals surface area contributed by atoms with Gasteiger partial charge in [0.1, 0.15) is 5.82 Å². The van der Waals surface area contributed by atoms with Crippen LogP contribution in [0.5, 0.6) is 0 Å². The van der Waals surface area contributed by atoms with Crippen molar-refractivity contribution < 1.29 is 17.6 Å². The lowest BCUT2D eigenvalue weighted by Gasteiger charge is -2.07.